The number of hydrogen-bond acceptors (Lipinski definition) is 7. The fraction of sp³-hybridized carbons (Fsp3) is 0.533. The van der Waals surface area contributed by atoms with Gasteiger partial charge >= 0.3 is 5.97 Å². The van der Waals surface area contributed by atoms with E-state index in [1.807, 2.05) is 0 Å². The zero-order valence-corrected chi connectivity index (χ0v) is 12.7. The summed E-state index contributed by atoms with van der Waals surface area (Å²) >= 11 is 0. The summed E-state index contributed by atoms with van der Waals surface area (Å²) in [6, 6.07) is 6.32. The maximum Gasteiger partial charge on any atom is 0.338 e. The summed E-state index contributed by atoms with van der Waals surface area (Å²) in [5, 5.41) is 19.6. The van der Waals surface area contributed by atoms with Gasteiger partial charge in [0, 0.05) is 7.11 Å². The quantitative estimate of drug-likeness (QED) is 0.372. The van der Waals surface area contributed by atoms with Crippen LogP contribution in [0.5, 0.6) is 5.75 Å². The van der Waals surface area contributed by atoms with Gasteiger partial charge in [-0.25, -0.2) is 4.79 Å². The molecule has 7 heteroatoms. The van der Waals surface area contributed by atoms with Crippen LogP contribution in [0, 0.1) is 0 Å². The number of carbonyl (C=O) groups is 1. The first-order chi connectivity index (χ1) is 10.6. The third kappa shape index (κ3) is 5.98. The SMILES string of the molecule is CCOC(=O)[C@@H](O)[C@H](O)c1ccc(OCOCCOC)cc1. The molecule has 22 heavy (non-hydrogen) atoms. The van der Waals surface area contributed by atoms with Crippen molar-refractivity contribution in [1.29, 1.82) is 0 Å². The Morgan fingerprint density at radius 3 is 2.45 bits per heavy atom. The summed E-state index contributed by atoms with van der Waals surface area (Å²) in [6.45, 7) is 2.76. The van der Waals surface area contributed by atoms with Gasteiger partial charge in [-0.1, -0.05) is 12.1 Å². The molecule has 0 aromatic heterocycles. The topological polar surface area (TPSA) is 94.5 Å². The van der Waals surface area contributed by atoms with Crippen LogP contribution in [0.1, 0.15) is 18.6 Å². The van der Waals surface area contributed by atoms with Crippen molar-refractivity contribution in [2.45, 2.75) is 19.1 Å². The first-order valence-corrected chi connectivity index (χ1v) is 6.92. The molecule has 0 saturated carbocycles. The minimum Gasteiger partial charge on any atom is -0.468 e. The smallest absolute Gasteiger partial charge is 0.338 e. The van der Waals surface area contributed by atoms with Gasteiger partial charge in [-0.3, -0.25) is 0 Å². The van der Waals surface area contributed by atoms with Crippen molar-refractivity contribution in [1.82, 2.24) is 0 Å². The second kappa shape index (κ2) is 10.1. The summed E-state index contributed by atoms with van der Waals surface area (Å²) in [4.78, 5) is 11.4. The number of aliphatic hydroxyl groups excluding tert-OH is 2. The van der Waals surface area contributed by atoms with E-state index in [-0.39, 0.29) is 13.4 Å². The summed E-state index contributed by atoms with van der Waals surface area (Å²) in [5.41, 5.74) is 0.383. The molecule has 0 aliphatic carbocycles. The zero-order valence-electron chi connectivity index (χ0n) is 12.7. The van der Waals surface area contributed by atoms with Gasteiger partial charge in [0.15, 0.2) is 12.9 Å². The summed E-state index contributed by atoms with van der Waals surface area (Å²) in [7, 11) is 1.58. The zero-order chi connectivity index (χ0) is 16.4. The predicted molar refractivity (Wildman–Crippen MR) is 77.4 cm³/mol. The molecule has 0 aliphatic rings. The molecule has 0 radical (unpaired) electrons. The highest BCUT2D eigenvalue weighted by atomic mass is 16.7. The van der Waals surface area contributed by atoms with Crippen LogP contribution in [0.25, 0.3) is 0 Å². The van der Waals surface area contributed by atoms with E-state index in [0.717, 1.165) is 0 Å². The summed E-state index contributed by atoms with van der Waals surface area (Å²) in [6.07, 6.45) is -2.98. The minimum absolute atomic E-state index is 0.0801. The number of methoxy groups -OCH3 is 1. The fourth-order valence-corrected chi connectivity index (χ4v) is 1.61. The van der Waals surface area contributed by atoms with Crippen molar-refractivity contribution < 1.29 is 34.0 Å². The Balaban J connectivity index is 2.48. The minimum atomic E-state index is -1.62. The van der Waals surface area contributed by atoms with E-state index in [1.54, 1.807) is 38.3 Å². The van der Waals surface area contributed by atoms with Crippen molar-refractivity contribution in [3.8, 4) is 5.75 Å². The average Bonchev–Trinajstić information content (AvgIpc) is 2.54. The number of esters is 1. The molecule has 124 valence electrons. The van der Waals surface area contributed by atoms with Crippen LogP contribution in [0.3, 0.4) is 0 Å². The number of aliphatic hydroxyl groups is 2. The number of benzene rings is 1. The molecule has 0 bridgehead atoms. The van der Waals surface area contributed by atoms with E-state index in [9.17, 15) is 15.0 Å². The monoisotopic (exact) mass is 314 g/mol. The second-order valence-corrected chi connectivity index (χ2v) is 4.37. The van der Waals surface area contributed by atoms with Crippen molar-refractivity contribution >= 4 is 5.97 Å². The first kappa shape index (κ1) is 18.4. The largest absolute Gasteiger partial charge is 0.468 e. The number of ether oxygens (including phenoxy) is 4. The molecule has 0 saturated heterocycles. The number of carbonyl (C=O) groups excluding carboxylic acids is 1. The van der Waals surface area contributed by atoms with Crippen LogP contribution >= 0.6 is 0 Å². The van der Waals surface area contributed by atoms with Crippen LogP contribution in [0.4, 0.5) is 0 Å². The first-order valence-electron chi connectivity index (χ1n) is 6.92. The van der Waals surface area contributed by atoms with Gasteiger partial charge in [-0.05, 0) is 24.6 Å². The Kier molecular flexibility index (Phi) is 8.46. The molecule has 0 amide bonds. The highest BCUT2D eigenvalue weighted by molar-refractivity contribution is 5.75. The van der Waals surface area contributed by atoms with E-state index in [1.165, 1.54) is 0 Å². The molecule has 0 unspecified atom stereocenters. The van der Waals surface area contributed by atoms with E-state index >= 15 is 0 Å². The molecule has 2 atom stereocenters. The molecule has 1 rings (SSSR count). The lowest BCUT2D eigenvalue weighted by Gasteiger charge is -2.17. The maximum absolute atomic E-state index is 11.4. The van der Waals surface area contributed by atoms with Crippen molar-refractivity contribution in [3.05, 3.63) is 29.8 Å². The van der Waals surface area contributed by atoms with Gasteiger partial charge in [-0.15, -0.1) is 0 Å². The van der Waals surface area contributed by atoms with E-state index in [0.29, 0.717) is 24.5 Å². The molecule has 0 fully saturated rings. The Hall–Kier alpha value is -1.67. The van der Waals surface area contributed by atoms with Crippen LogP contribution in [0.15, 0.2) is 24.3 Å². The van der Waals surface area contributed by atoms with E-state index in [4.69, 9.17) is 14.2 Å². The molecule has 0 spiro atoms. The van der Waals surface area contributed by atoms with Gasteiger partial charge in [-0.2, -0.15) is 0 Å². The van der Waals surface area contributed by atoms with Crippen molar-refractivity contribution in [3.63, 3.8) is 0 Å². The maximum atomic E-state index is 11.4. The van der Waals surface area contributed by atoms with Crippen LogP contribution in [-0.4, -0.2) is 56.0 Å². The summed E-state index contributed by atoms with van der Waals surface area (Å²) < 4.78 is 20.0. The molecule has 1 aromatic rings. The van der Waals surface area contributed by atoms with Gasteiger partial charge in [0.1, 0.15) is 11.9 Å². The standard InChI is InChI=1S/C15H22O7/c1-3-21-15(18)14(17)13(16)11-4-6-12(7-5-11)22-10-20-9-8-19-2/h4-7,13-14,16-17H,3,8-10H2,1-2H3/t13-,14+/m1/s1. The van der Waals surface area contributed by atoms with Crippen molar-refractivity contribution in [2.75, 3.05) is 33.7 Å². The number of hydrogen-bond donors (Lipinski definition) is 2. The molecule has 0 aliphatic heterocycles. The van der Waals surface area contributed by atoms with Gasteiger partial charge < -0.3 is 29.2 Å². The molecule has 0 heterocycles. The average molecular weight is 314 g/mol. The third-order valence-electron chi connectivity index (χ3n) is 2.79. The predicted octanol–water partition coefficient (Wildman–Crippen LogP) is 0.643. The van der Waals surface area contributed by atoms with Crippen molar-refractivity contribution in [2.24, 2.45) is 0 Å². The van der Waals surface area contributed by atoms with E-state index in [2.05, 4.69) is 4.74 Å². The van der Waals surface area contributed by atoms with Crippen LogP contribution in [-0.2, 0) is 19.0 Å². The second-order valence-electron chi connectivity index (χ2n) is 4.37. The fourth-order valence-electron chi connectivity index (χ4n) is 1.61. The Morgan fingerprint density at radius 1 is 1.18 bits per heavy atom. The van der Waals surface area contributed by atoms with Crippen LogP contribution < -0.4 is 4.74 Å². The van der Waals surface area contributed by atoms with E-state index < -0.39 is 18.2 Å². The lowest BCUT2D eigenvalue weighted by atomic mass is 10.0. The Bertz CT molecular complexity index is 432. The highest BCUT2D eigenvalue weighted by Gasteiger charge is 2.26. The van der Waals surface area contributed by atoms with Crippen LogP contribution in [0.2, 0.25) is 0 Å². The third-order valence-corrected chi connectivity index (χ3v) is 2.79. The van der Waals surface area contributed by atoms with Gasteiger partial charge in [0.25, 0.3) is 0 Å². The lowest BCUT2D eigenvalue weighted by Crippen LogP contribution is -2.29. The lowest BCUT2D eigenvalue weighted by molar-refractivity contribution is -0.159. The summed E-state index contributed by atoms with van der Waals surface area (Å²) in [5.74, 6) is -0.319. The Morgan fingerprint density at radius 2 is 1.86 bits per heavy atom. The Labute approximate surface area is 129 Å². The van der Waals surface area contributed by atoms with Gasteiger partial charge in [0.2, 0.25) is 0 Å². The molecular weight excluding hydrogens is 292 g/mol. The van der Waals surface area contributed by atoms with Gasteiger partial charge in [0.05, 0.1) is 19.8 Å². The molecular formula is C15H22O7. The molecule has 2 N–H and O–H groups in total. The molecule has 1 aromatic carbocycles. The number of rotatable bonds is 10. The normalized spacial score (nSPS) is 13.5. The molecule has 7 nitrogen and oxygen atoms in total. The highest BCUT2D eigenvalue weighted by Crippen LogP contribution is 2.21.